The SMILES string of the molecule is C=C(C)/C=c1/c(=O)oc2c(c1=C)CCC(O)=C2. The van der Waals surface area contributed by atoms with Gasteiger partial charge in [-0.05, 0) is 24.6 Å². The van der Waals surface area contributed by atoms with E-state index in [1.54, 1.807) is 6.08 Å². The third kappa shape index (κ3) is 2.09. The Morgan fingerprint density at radius 1 is 1.53 bits per heavy atom. The second-order valence-corrected chi connectivity index (χ2v) is 4.25. The molecule has 0 amide bonds. The summed E-state index contributed by atoms with van der Waals surface area (Å²) in [4.78, 5) is 11.8. The minimum absolute atomic E-state index is 0.233. The molecule has 0 saturated carbocycles. The van der Waals surface area contributed by atoms with E-state index >= 15 is 0 Å². The van der Waals surface area contributed by atoms with Crippen LogP contribution in [-0.2, 0) is 6.42 Å². The summed E-state index contributed by atoms with van der Waals surface area (Å²) in [5.74, 6) is 0.652. The lowest BCUT2D eigenvalue weighted by Crippen LogP contribution is -2.41. The molecule has 88 valence electrons. The molecule has 1 aromatic rings. The van der Waals surface area contributed by atoms with Crippen molar-refractivity contribution < 1.29 is 9.52 Å². The molecular formula is C14H14O3. The summed E-state index contributed by atoms with van der Waals surface area (Å²) in [6.07, 6.45) is 4.35. The van der Waals surface area contributed by atoms with Crippen molar-refractivity contribution in [3.8, 4) is 0 Å². The van der Waals surface area contributed by atoms with Gasteiger partial charge in [0.25, 0.3) is 0 Å². The fourth-order valence-corrected chi connectivity index (χ4v) is 1.91. The Morgan fingerprint density at radius 3 is 2.88 bits per heavy atom. The van der Waals surface area contributed by atoms with Crippen LogP contribution in [-0.4, -0.2) is 5.11 Å². The molecule has 3 heteroatoms. The van der Waals surface area contributed by atoms with Crippen LogP contribution in [0.1, 0.15) is 24.7 Å². The molecule has 0 bridgehead atoms. The standard InChI is InChI=1S/C14H14O3/c1-8(2)6-12-9(3)11-5-4-10(15)7-13(11)17-14(12)16/h6-7,15H,1,3-5H2,2H3/b12-6+. The van der Waals surface area contributed by atoms with Crippen molar-refractivity contribution >= 4 is 18.7 Å². The van der Waals surface area contributed by atoms with E-state index in [4.69, 9.17) is 4.42 Å². The van der Waals surface area contributed by atoms with Gasteiger partial charge in [0.2, 0.25) is 0 Å². The van der Waals surface area contributed by atoms with Crippen LogP contribution in [0.4, 0.5) is 0 Å². The molecule has 0 saturated heterocycles. The summed E-state index contributed by atoms with van der Waals surface area (Å²) in [6.45, 7) is 9.48. The van der Waals surface area contributed by atoms with Gasteiger partial charge in [-0.3, -0.25) is 0 Å². The topological polar surface area (TPSA) is 50.4 Å². The Hall–Kier alpha value is -2.03. The largest absolute Gasteiger partial charge is 0.512 e. The number of hydrogen-bond acceptors (Lipinski definition) is 3. The molecule has 1 heterocycles. The van der Waals surface area contributed by atoms with Gasteiger partial charge >= 0.3 is 5.63 Å². The Bertz CT molecular complexity index is 675. The molecule has 0 spiro atoms. The summed E-state index contributed by atoms with van der Waals surface area (Å²) in [6, 6.07) is 0. The fraction of sp³-hybridized carbons (Fsp3) is 0.214. The zero-order chi connectivity index (χ0) is 12.6. The average Bonchev–Trinajstić information content (AvgIpc) is 2.23. The normalized spacial score (nSPS) is 15.4. The smallest absolute Gasteiger partial charge is 0.344 e. The predicted octanol–water partition coefficient (Wildman–Crippen LogP) is 1.25. The Balaban J connectivity index is 2.83. The number of aliphatic hydroxyl groups excluding tert-OH is 1. The molecule has 3 nitrogen and oxygen atoms in total. The van der Waals surface area contributed by atoms with E-state index < -0.39 is 5.63 Å². The average molecular weight is 230 g/mol. The predicted molar refractivity (Wildman–Crippen MR) is 68.0 cm³/mol. The van der Waals surface area contributed by atoms with Crippen LogP contribution >= 0.6 is 0 Å². The van der Waals surface area contributed by atoms with E-state index in [1.807, 2.05) is 6.92 Å². The first-order valence-corrected chi connectivity index (χ1v) is 5.40. The molecule has 0 fully saturated rings. The Morgan fingerprint density at radius 2 is 2.24 bits per heavy atom. The lowest BCUT2D eigenvalue weighted by molar-refractivity contribution is 0.382. The molecule has 0 aliphatic heterocycles. The monoisotopic (exact) mass is 230 g/mol. The van der Waals surface area contributed by atoms with Gasteiger partial charge in [0.05, 0.1) is 11.0 Å². The minimum atomic E-state index is -0.442. The van der Waals surface area contributed by atoms with Gasteiger partial charge in [-0.1, -0.05) is 18.7 Å². The summed E-state index contributed by atoms with van der Waals surface area (Å²) in [5.41, 5.74) is 1.22. The molecule has 17 heavy (non-hydrogen) atoms. The molecule has 0 unspecified atom stereocenters. The third-order valence-corrected chi connectivity index (χ3v) is 2.73. The molecule has 1 aliphatic rings. The van der Waals surface area contributed by atoms with Gasteiger partial charge in [0, 0.05) is 18.1 Å². The number of aliphatic hydroxyl groups is 1. The number of hydrogen-bond donors (Lipinski definition) is 1. The highest BCUT2D eigenvalue weighted by Crippen LogP contribution is 2.17. The fourth-order valence-electron chi connectivity index (χ4n) is 1.91. The van der Waals surface area contributed by atoms with E-state index in [1.165, 1.54) is 6.08 Å². The summed E-state index contributed by atoms with van der Waals surface area (Å²) >= 11 is 0. The first kappa shape index (κ1) is 11.5. The van der Waals surface area contributed by atoms with Gasteiger partial charge < -0.3 is 9.52 Å². The summed E-state index contributed by atoms with van der Waals surface area (Å²) in [5, 5.41) is 10.5. The van der Waals surface area contributed by atoms with Crippen LogP contribution in [0.25, 0.3) is 18.7 Å². The zero-order valence-corrected chi connectivity index (χ0v) is 9.75. The lowest BCUT2D eigenvalue weighted by atomic mass is 9.99. The van der Waals surface area contributed by atoms with E-state index in [0.29, 0.717) is 29.0 Å². The van der Waals surface area contributed by atoms with Gasteiger partial charge in [-0.25, -0.2) is 4.79 Å². The van der Waals surface area contributed by atoms with Crippen molar-refractivity contribution in [1.29, 1.82) is 0 Å². The first-order valence-electron chi connectivity index (χ1n) is 5.40. The number of rotatable bonds is 1. The van der Waals surface area contributed by atoms with Crippen molar-refractivity contribution in [2.75, 3.05) is 0 Å². The molecule has 0 aromatic carbocycles. The Labute approximate surface area is 98.7 Å². The Kier molecular flexibility index (Phi) is 2.76. The van der Waals surface area contributed by atoms with Gasteiger partial charge in [-0.15, -0.1) is 0 Å². The highest BCUT2D eigenvalue weighted by molar-refractivity contribution is 5.54. The van der Waals surface area contributed by atoms with Crippen LogP contribution in [0.2, 0.25) is 0 Å². The second-order valence-electron chi connectivity index (χ2n) is 4.25. The first-order chi connectivity index (χ1) is 7.99. The summed E-state index contributed by atoms with van der Waals surface area (Å²) < 4.78 is 5.18. The quantitative estimate of drug-likeness (QED) is 0.790. The molecule has 1 N–H and O–H groups in total. The van der Waals surface area contributed by atoms with Gasteiger partial charge in [-0.2, -0.15) is 0 Å². The summed E-state index contributed by atoms with van der Waals surface area (Å²) in [7, 11) is 0. The minimum Gasteiger partial charge on any atom is -0.512 e. The van der Waals surface area contributed by atoms with Crippen molar-refractivity contribution in [1.82, 2.24) is 0 Å². The van der Waals surface area contributed by atoms with Crippen LogP contribution in [0.15, 0.2) is 27.1 Å². The highest BCUT2D eigenvalue weighted by Gasteiger charge is 2.14. The van der Waals surface area contributed by atoms with E-state index in [-0.39, 0.29) is 5.76 Å². The van der Waals surface area contributed by atoms with Crippen molar-refractivity contribution in [3.05, 3.63) is 50.1 Å². The molecule has 0 radical (unpaired) electrons. The van der Waals surface area contributed by atoms with Crippen molar-refractivity contribution in [2.45, 2.75) is 19.8 Å². The van der Waals surface area contributed by atoms with Crippen LogP contribution in [0, 0.1) is 0 Å². The molecule has 1 aromatic heterocycles. The van der Waals surface area contributed by atoms with Crippen LogP contribution in [0.5, 0.6) is 0 Å². The molecule has 0 atom stereocenters. The van der Waals surface area contributed by atoms with E-state index in [2.05, 4.69) is 13.2 Å². The molecule has 2 rings (SSSR count). The van der Waals surface area contributed by atoms with Crippen molar-refractivity contribution in [2.24, 2.45) is 0 Å². The lowest BCUT2D eigenvalue weighted by Gasteiger charge is -2.11. The number of fused-ring (bicyclic) bond motifs is 1. The van der Waals surface area contributed by atoms with E-state index in [0.717, 1.165) is 11.1 Å². The van der Waals surface area contributed by atoms with Crippen LogP contribution < -0.4 is 16.1 Å². The maximum absolute atomic E-state index is 11.8. The van der Waals surface area contributed by atoms with Gasteiger partial charge in [0.15, 0.2) is 0 Å². The maximum atomic E-state index is 11.8. The molecule has 1 aliphatic carbocycles. The second kappa shape index (κ2) is 4.09. The van der Waals surface area contributed by atoms with Gasteiger partial charge in [0.1, 0.15) is 5.76 Å². The van der Waals surface area contributed by atoms with Crippen molar-refractivity contribution in [3.63, 3.8) is 0 Å². The molecular weight excluding hydrogens is 216 g/mol. The third-order valence-electron chi connectivity index (χ3n) is 2.73. The highest BCUT2D eigenvalue weighted by atomic mass is 16.4. The zero-order valence-electron chi connectivity index (χ0n) is 9.75. The maximum Gasteiger partial charge on any atom is 0.344 e. The van der Waals surface area contributed by atoms with Crippen LogP contribution in [0.3, 0.4) is 0 Å². The van der Waals surface area contributed by atoms with E-state index in [9.17, 15) is 9.90 Å². The number of allylic oxidation sites excluding steroid dienone is 2.